The summed E-state index contributed by atoms with van der Waals surface area (Å²) in [5.41, 5.74) is 0.581. The van der Waals surface area contributed by atoms with Gasteiger partial charge in [0.1, 0.15) is 5.56 Å². The quantitative estimate of drug-likeness (QED) is 0.875. The van der Waals surface area contributed by atoms with Gasteiger partial charge in [0.15, 0.2) is 11.5 Å². The van der Waals surface area contributed by atoms with E-state index in [-0.39, 0.29) is 5.56 Å². The Morgan fingerprint density at radius 1 is 1.61 bits per heavy atom. The van der Waals surface area contributed by atoms with Crippen LogP contribution in [0.3, 0.4) is 0 Å². The molecule has 0 spiro atoms. The van der Waals surface area contributed by atoms with E-state index in [9.17, 15) is 4.79 Å². The Bertz CT molecular complexity index is 587. The standard InChI is InChI=1S/C12H13N3O3/c16-12(17)9-2-1-4-15-11(9)13-10(14-15)6-8-3-5-18-7-8/h1-2,4,8H,3,5-7H2,(H,16,17). The number of hydrogen-bond acceptors (Lipinski definition) is 4. The molecule has 0 aliphatic carbocycles. The molecule has 6 nitrogen and oxygen atoms in total. The number of pyridine rings is 1. The molecular formula is C12H13N3O3. The maximum absolute atomic E-state index is 11.1. The van der Waals surface area contributed by atoms with Crippen molar-refractivity contribution in [3.8, 4) is 0 Å². The summed E-state index contributed by atoms with van der Waals surface area (Å²) in [4.78, 5) is 15.4. The molecule has 2 aromatic heterocycles. The molecule has 3 rings (SSSR count). The van der Waals surface area contributed by atoms with Crippen molar-refractivity contribution < 1.29 is 14.6 Å². The van der Waals surface area contributed by atoms with E-state index in [0.717, 1.165) is 26.1 Å². The van der Waals surface area contributed by atoms with Gasteiger partial charge in [-0.1, -0.05) is 0 Å². The highest BCUT2D eigenvalue weighted by atomic mass is 16.5. The van der Waals surface area contributed by atoms with E-state index in [4.69, 9.17) is 9.84 Å². The molecule has 1 atom stereocenters. The average molecular weight is 247 g/mol. The number of aromatic carboxylic acids is 1. The third-order valence-corrected chi connectivity index (χ3v) is 3.13. The highest BCUT2D eigenvalue weighted by Gasteiger charge is 2.19. The first-order valence-corrected chi connectivity index (χ1v) is 5.89. The summed E-state index contributed by atoms with van der Waals surface area (Å²) in [5, 5.41) is 13.4. The van der Waals surface area contributed by atoms with E-state index in [0.29, 0.717) is 17.4 Å². The molecule has 6 heteroatoms. The summed E-state index contributed by atoms with van der Waals surface area (Å²) in [6.07, 6.45) is 3.46. The van der Waals surface area contributed by atoms with Crippen LogP contribution in [0.4, 0.5) is 0 Å². The van der Waals surface area contributed by atoms with Crippen LogP contribution in [-0.4, -0.2) is 38.9 Å². The number of fused-ring (bicyclic) bond motifs is 1. The van der Waals surface area contributed by atoms with Crippen molar-refractivity contribution in [2.24, 2.45) is 5.92 Å². The minimum Gasteiger partial charge on any atom is -0.478 e. The van der Waals surface area contributed by atoms with Gasteiger partial charge in [-0.05, 0) is 24.5 Å². The Morgan fingerprint density at radius 2 is 2.50 bits per heavy atom. The van der Waals surface area contributed by atoms with Crippen molar-refractivity contribution in [3.63, 3.8) is 0 Å². The highest BCUT2D eigenvalue weighted by Crippen LogP contribution is 2.17. The number of carbonyl (C=O) groups is 1. The average Bonchev–Trinajstić information content (AvgIpc) is 2.96. The van der Waals surface area contributed by atoms with Crippen LogP contribution in [-0.2, 0) is 11.2 Å². The molecular weight excluding hydrogens is 234 g/mol. The van der Waals surface area contributed by atoms with Crippen LogP contribution in [0.5, 0.6) is 0 Å². The van der Waals surface area contributed by atoms with Crippen LogP contribution in [0, 0.1) is 5.92 Å². The Balaban J connectivity index is 1.94. The SMILES string of the molecule is O=C(O)c1cccn2nc(CC3CCOC3)nc12. The number of rotatable bonds is 3. The van der Waals surface area contributed by atoms with Gasteiger partial charge in [-0.3, -0.25) is 0 Å². The molecule has 18 heavy (non-hydrogen) atoms. The highest BCUT2D eigenvalue weighted by molar-refractivity contribution is 5.94. The molecule has 0 saturated carbocycles. The van der Waals surface area contributed by atoms with Gasteiger partial charge < -0.3 is 9.84 Å². The summed E-state index contributed by atoms with van der Waals surface area (Å²) < 4.78 is 6.83. The molecule has 0 bridgehead atoms. The van der Waals surface area contributed by atoms with Crippen LogP contribution >= 0.6 is 0 Å². The molecule has 1 N–H and O–H groups in total. The van der Waals surface area contributed by atoms with Crippen molar-refractivity contribution in [3.05, 3.63) is 29.7 Å². The topological polar surface area (TPSA) is 76.7 Å². The van der Waals surface area contributed by atoms with Crippen molar-refractivity contribution in [2.45, 2.75) is 12.8 Å². The van der Waals surface area contributed by atoms with Crippen molar-refractivity contribution >= 4 is 11.6 Å². The molecule has 1 aliphatic rings. The number of ether oxygens (including phenoxy) is 1. The van der Waals surface area contributed by atoms with E-state index in [1.807, 2.05) is 0 Å². The fourth-order valence-corrected chi connectivity index (χ4v) is 2.21. The third-order valence-electron chi connectivity index (χ3n) is 3.13. The number of aromatic nitrogens is 3. The van der Waals surface area contributed by atoms with E-state index in [2.05, 4.69) is 10.1 Å². The van der Waals surface area contributed by atoms with Crippen LogP contribution in [0.15, 0.2) is 18.3 Å². The lowest BCUT2D eigenvalue weighted by molar-refractivity contribution is 0.0698. The molecule has 3 heterocycles. The summed E-state index contributed by atoms with van der Waals surface area (Å²) in [5.74, 6) is 0.138. The van der Waals surface area contributed by atoms with E-state index in [1.54, 1.807) is 12.3 Å². The molecule has 1 saturated heterocycles. The zero-order valence-electron chi connectivity index (χ0n) is 9.74. The first-order chi connectivity index (χ1) is 8.74. The first-order valence-electron chi connectivity index (χ1n) is 5.89. The van der Waals surface area contributed by atoms with Gasteiger partial charge >= 0.3 is 5.97 Å². The van der Waals surface area contributed by atoms with Crippen molar-refractivity contribution in [1.82, 2.24) is 14.6 Å². The largest absolute Gasteiger partial charge is 0.478 e. The maximum Gasteiger partial charge on any atom is 0.339 e. The van der Waals surface area contributed by atoms with Crippen LogP contribution < -0.4 is 0 Å². The van der Waals surface area contributed by atoms with Gasteiger partial charge in [0.2, 0.25) is 0 Å². The predicted octanol–water partition coefficient (Wildman–Crippen LogP) is 1.01. The molecule has 0 amide bonds. The summed E-state index contributed by atoms with van der Waals surface area (Å²) in [7, 11) is 0. The smallest absolute Gasteiger partial charge is 0.339 e. The normalized spacial score (nSPS) is 19.4. The van der Waals surface area contributed by atoms with Gasteiger partial charge in [0.05, 0.1) is 0 Å². The summed E-state index contributed by atoms with van der Waals surface area (Å²) in [6.45, 7) is 1.53. The lowest BCUT2D eigenvalue weighted by Gasteiger charge is -2.01. The number of carboxylic acid groups (broad SMARTS) is 1. The fraction of sp³-hybridized carbons (Fsp3) is 0.417. The van der Waals surface area contributed by atoms with Crippen LogP contribution in [0.1, 0.15) is 22.6 Å². The number of nitrogens with zero attached hydrogens (tertiary/aromatic N) is 3. The molecule has 1 aliphatic heterocycles. The van der Waals surface area contributed by atoms with Gasteiger partial charge in [-0.15, -0.1) is 0 Å². The zero-order chi connectivity index (χ0) is 12.5. The Morgan fingerprint density at radius 3 is 3.22 bits per heavy atom. The second kappa shape index (κ2) is 4.38. The predicted molar refractivity (Wildman–Crippen MR) is 62.6 cm³/mol. The van der Waals surface area contributed by atoms with Gasteiger partial charge in [-0.25, -0.2) is 14.3 Å². The number of carboxylic acids is 1. The Labute approximate surface area is 103 Å². The van der Waals surface area contributed by atoms with Gasteiger partial charge in [0, 0.05) is 25.8 Å². The van der Waals surface area contributed by atoms with Gasteiger partial charge in [0.25, 0.3) is 0 Å². The zero-order valence-corrected chi connectivity index (χ0v) is 9.74. The molecule has 0 aromatic carbocycles. The second-order valence-electron chi connectivity index (χ2n) is 4.46. The molecule has 1 fully saturated rings. The molecule has 0 radical (unpaired) electrons. The van der Waals surface area contributed by atoms with Crippen LogP contribution in [0.25, 0.3) is 5.65 Å². The van der Waals surface area contributed by atoms with Gasteiger partial charge in [-0.2, -0.15) is 5.10 Å². The molecule has 2 aromatic rings. The van der Waals surface area contributed by atoms with E-state index >= 15 is 0 Å². The summed E-state index contributed by atoms with van der Waals surface area (Å²) in [6, 6.07) is 3.20. The first kappa shape index (κ1) is 11.2. The Kier molecular flexibility index (Phi) is 2.71. The van der Waals surface area contributed by atoms with Crippen molar-refractivity contribution in [2.75, 3.05) is 13.2 Å². The Hall–Kier alpha value is -1.95. The maximum atomic E-state index is 11.1. The lowest BCUT2D eigenvalue weighted by atomic mass is 10.1. The number of hydrogen-bond donors (Lipinski definition) is 1. The third kappa shape index (κ3) is 1.95. The lowest BCUT2D eigenvalue weighted by Crippen LogP contribution is -2.05. The summed E-state index contributed by atoms with van der Waals surface area (Å²) >= 11 is 0. The van der Waals surface area contributed by atoms with E-state index < -0.39 is 5.97 Å². The van der Waals surface area contributed by atoms with Crippen LogP contribution in [0.2, 0.25) is 0 Å². The minimum atomic E-state index is -0.983. The monoisotopic (exact) mass is 247 g/mol. The minimum absolute atomic E-state index is 0.180. The molecule has 94 valence electrons. The fourth-order valence-electron chi connectivity index (χ4n) is 2.21. The molecule has 1 unspecified atom stereocenters. The second-order valence-corrected chi connectivity index (χ2v) is 4.46. The van der Waals surface area contributed by atoms with E-state index in [1.165, 1.54) is 10.6 Å². The van der Waals surface area contributed by atoms with Crippen molar-refractivity contribution in [1.29, 1.82) is 0 Å².